The van der Waals surface area contributed by atoms with Crippen molar-refractivity contribution in [1.29, 1.82) is 0 Å². The first-order chi connectivity index (χ1) is 9.75. The number of ether oxygens (including phenoxy) is 2. The van der Waals surface area contributed by atoms with Gasteiger partial charge in [-0.25, -0.2) is 0 Å². The van der Waals surface area contributed by atoms with Gasteiger partial charge in [0.05, 0.1) is 23.5 Å². The van der Waals surface area contributed by atoms with Crippen LogP contribution in [0.2, 0.25) is 0 Å². The number of carbonyl (C=O) groups excluding carboxylic acids is 1. The van der Waals surface area contributed by atoms with Crippen molar-refractivity contribution in [2.45, 2.75) is 63.2 Å². The highest BCUT2D eigenvalue weighted by Gasteiger charge is 2.51. The van der Waals surface area contributed by atoms with E-state index in [0.29, 0.717) is 32.3 Å². The molecule has 1 unspecified atom stereocenters. The third kappa shape index (κ3) is 3.95. The standard InChI is InChI=1S/C15H25NO5/c1-14(2,20-3)9-12(17)16-11-4-5-21-15(8-11)6-10(7-15)13(18)19/h10-11H,4-9H2,1-3H3,(H,16,17)(H,18,19). The van der Waals surface area contributed by atoms with Gasteiger partial charge in [-0.05, 0) is 39.5 Å². The topological polar surface area (TPSA) is 84.9 Å². The van der Waals surface area contributed by atoms with Crippen LogP contribution in [0.5, 0.6) is 0 Å². The minimum atomic E-state index is -0.753. The molecule has 1 saturated heterocycles. The monoisotopic (exact) mass is 299 g/mol. The number of hydrogen-bond donors (Lipinski definition) is 2. The van der Waals surface area contributed by atoms with Gasteiger partial charge in [-0.3, -0.25) is 9.59 Å². The molecule has 6 nitrogen and oxygen atoms in total. The predicted molar refractivity (Wildman–Crippen MR) is 75.9 cm³/mol. The van der Waals surface area contributed by atoms with Crippen LogP contribution in [0, 0.1) is 5.92 Å². The first-order valence-corrected chi connectivity index (χ1v) is 7.47. The second-order valence-corrected chi connectivity index (χ2v) is 6.87. The van der Waals surface area contributed by atoms with Gasteiger partial charge < -0.3 is 19.9 Å². The summed E-state index contributed by atoms with van der Waals surface area (Å²) < 4.78 is 11.0. The van der Waals surface area contributed by atoms with Crippen molar-refractivity contribution in [2.75, 3.05) is 13.7 Å². The Morgan fingerprint density at radius 3 is 2.62 bits per heavy atom. The van der Waals surface area contributed by atoms with Crippen molar-refractivity contribution in [3.8, 4) is 0 Å². The second kappa shape index (κ2) is 5.93. The van der Waals surface area contributed by atoms with Crippen molar-refractivity contribution >= 4 is 11.9 Å². The van der Waals surface area contributed by atoms with Crippen LogP contribution in [0.25, 0.3) is 0 Å². The van der Waals surface area contributed by atoms with Crippen LogP contribution in [0.4, 0.5) is 0 Å². The Kier molecular flexibility index (Phi) is 4.58. The lowest BCUT2D eigenvalue weighted by molar-refractivity contribution is -0.182. The molecule has 1 heterocycles. The molecule has 2 N–H and O–H groups in total. The fraction of sp³-hybridized carbons (Fsp3) is 0.867. The fourth-order valence-corrected chi connectivity index (χ4v) is 3.19. The molecule has 1 aliphatic carbocycles. The predicted octanol–water partition coefficient (Wildman–Crippen LogP) is 1.33. The Hall–Kier alpha value is -1.14. The summed E-state index contributed by atoms with van der Waals surface area (Å²) in [7, 11) is 1.59. The molecule has 0 aromatic rings. The smallest absolute Gasteiger partial charge is 0.306 e. The van der Waals surface area contributed by atoms with Gasteiger partial charge in [0.15, 0.2) is 0 Å². The molecular weight excluding hydrogens is 274 g/mol. The van der Waals surface area contributed by atoms with Gasteiger partial charge in [0.1, 0.15) is 0 Å². The number of hydrogen-bond acceptors (Lipinski definition) is 4. The number of methoxy groups -OCH3 is 1. The van der Waals surface area contributed by atoms with E-state index in [4.69, 9.17) is 14.6 Å². The molecule has 1 spiro atoms. The van der Waals surface area contributed by atoms with E-state index in [-0.39, 0.29) is 23.5 Å². The molecule has 0 aromatic heterocycles. The van der Waals surface area contributed by atoms with E-state index in [1.807, 2.05) is 13.8 Å². The summed E-state index contributed by atoms with van der Waals surface area (Å²) in [6, 6.07) is 0.0636. The van der Waals surface area contributed by atoms with E-state index in [0.717, 1.165) is 6.42 Å². The van der Waals surface area contributed by atoms with Crippen LogP contribution < -0.4 is 5.32 Å². The molecule has 0 bridgehead atoms. The molecule has 0 aromatic carbocycles. The van der Waals surface area contributed by atoms with Gasteiger partial charge in [-0.1, -0.05) is 0 Å². The zero-order chi connectivity index (χ0) is 15.7. The van der Waals surface area contributed by atoms with E-state index in [1.54, 1.807) is 7.11 Å². The Bertz CT molecular complexity index is 414. The molecule has 1 amide bonds. The van der Waals surface area contributed by atoms with E-state index in [2.05, 4.69) is 5.32 Å². The molecule has 1 saturated carbocycles. The maximum absolute atomic E-state index is 12.0. The summed E-state index contributed by atoms with van der Waals surface area (Å²) >= 11 is 0. The number of amides is 1. The summed E-state index contributed by atoms with van der Waals surface area (Å²) in [5.74, 6) is -1.08. The van der Waals surface area contributed by atoms with Gasteiger partial charge in [0.25, 0.3) is 0 Å². The zero-order valence-corrected chi connectivity index (χ0v) is 13.0. The summed E-state index contributed by atoms with van der Waals surface area (Å²) in [4.78, 5) is 23.0. The normalized spacial score (nSPS) is 32.5. The van der Waals surface area contributed by atoms with Crippen molar-refractivity contribution in [2.24, 2.45) is 5.92 Å². The van der Waals surface area contributed by atoms with Gasteiger partial charge >= 0.3 is 5.97 Å². The number of rotatable bonds is 5. The number of nitrogens with one attached hydrogen (secondary N) is 1. The number of carbonyl (C=O) groups is 2. The number of carboxylic acids is 1. The van der Waals surface area contributed by atoms with Crippen molar-refractivity contribution < 1.29 is 24.2 Å². The van der Waals surface area contributed by atoms with Gasteiger partial charge in [-0.15, -0.1) is 0 Å². The molecule has 1 aliphatic heterocycles. The van der Waals surface area contributed by atoms with Crippen LogP contribution in [0.1, 0.15) is 46.0 Å². The molecule has 120 valence electrons. The van der Waals surface area contributed by atoms with Crippen molar-refractivity contribution in [3.63, 3.8) is 0 Å². The van der Waals surface area contributed by atoms with E-state index < -0.39 is 11.6 Å². The number of carboxylic acid groups (broad SMARTS) is 1. The summed E-state index contributed by atoms with van der Waals surface area (Å²) in [5.41, 5.74) is -0.812. The van der Waals surface area contributed by atoms with Crippen LogP contribution in [0.3, 0.4) is 0 Å². The Morgan fingerprint density at radius 2 is 2.05 bits per heavy atom. The largest absolute Gasteiger partial charge is 0.481 e. The third-order valence-corrected chi connectivity index (χ3v) is 4.58. The van der Waals surface area contributed by atoms with Gasteiger partial charge in [-0.2, -0.15) is 0 Å². The van der Waals surface area contributed by atoms with Gasteiger partial charge in [0.2, 0.25) is 5.91 Å². The molecule has 1 atom stereocenters. The lowest BCUT2D eigenvalue weighted by Crippen LogP contribution is -2.56. The van der Waals surface area contributed by atoms with Crippen LogP contribution in [0.15, 0.2) is 0 Å². The lowest BCUT2D eigenvalue weighted by Gasteiger charge is -2.50. The number of aliphatic carboxylic acids is 1. The average Bonchev–Trinajstić information content (AvgIpc) is 2.35. The maximum atomic E-state index is 12.0. The average molecular weight is 299 g/mol. The molecule has 6 heteroatoms. The third-order valence-electron chi connectivity index (χ3n) is 4.58. The quantitative estimate of drug-likeness (QED) is 0.800. The Morgan fingerprint density at radius 1 is 1.38 bits per heavy atom. The minimum absolute atomic E-state index is 0.0296. The van der Waals surface area contributed by atoms with Crippen LogP contribution in [-0.4, -0.2) is 47.9 Å². The highest BCUT2D eigenvalue weighted by Crippen LogP contribution is 2.46. The Balaban J connectivity index is 1.83. The molecular formula is C15H25NO5. The van der Waals surface area contributed by atoms with E-state index in [1.165, 1.54) is 0 Å². The highest BCUT2D eigenvalue weighted by molar-refractivity contribution is 5.77. The first kappa shape index (κ1) is 16.2. The first-order valence-electron chi connectivity index (χ1n) is 7.47. The van der Waals surface area contributed by atoms with Gasteiger partial charge in [0, 0.05) is 19.8 Å². The second-order valence-electron chi connectivity index (χ2n) is 6.87. The molecule has 0 radical (unpaired) electrons. The zero-order valence-electron chi connectivity index (χ0n) is 13.0. The van der Waals surface area contributed by atoms with Crippen molar-refractivity contribution in [3.05, 3.63) is 0 Å². The molecule has 2 aliphatic rings. The summed E-state index contributed by atoms with van der Waals surface area (Å²) in [6.07, 6.45) is 2.90. The SMILES string of the molecule is COC(C)(C)CC(=O)NC1CCOC2(C1)CC(C(=O)O)C2. The molecule has 2 fully saturated rings. The Labute approximate surface area is 125 Å². The summed E-state index contributed by atoms with van der Waals surface area (Å²) in [5, 5.41) is 12.0. The van der Waals surface area contributed by atoms with Crippen LogP contribution >= 0.6 is 0 Å². The highest BCUT2D eigenvalue weighted by atomic mass is 16.5. The molecule has 21 heavy (non-hydrogen) atoms. The summed E-state index contributed by atoms with van der Waals surface area (Å²) in [6.45, 7) is 4.33. The lowest BCUT2D eigenvalue weighted by atomic mass is 9.66. The molecule has 2 rings (SSSR count). The minimum Gasteiger partial charge on any atom is -0.481 e. The maximum Gasteiger partial charge on any atom is 0.306 e. The van der Waals surface area contributed by atoms with Crippen molar-refractivity contribution in [1.82, 2.24) is 5.32 Å². The van der Waals surface area contributed by atoms with E-state index >= 15 is 0 Å². The van der Waals surface area contributed by atoms with E-state index in [9.17, 15) is 9.59 Å². The van der Waals surface area contributed by atoms with Crippen LogP contribution in [-0.2, 0) is 19.1 Å². The fourth-order valence-electron chi connectivity index (χ4n) is 3.19.